The SMILES string of the molecule is CN(C)CCBr.C[C@H]1CCCOc2ncc(B(O)O)cc2C(=O)Nc2cccc(n2)-c2nncn21.C[C@H]1CCCOc2ncc(O)cc2C(=O)Nc2cccc(n2)-c2nncn21.C[C@H]1CCCOc2ncc(OCCN(C)C)cc2C(=O)Nc2cccc(n2)-c2nncn21. The van der Waals surface area contributed by atoms with Crippen LogP contribution in [-0.4, -0.2) is 197 Å². The minimum Gasteiger partial charge on any atom is -0.506 e. The molecule has 94 heavy (non-hydrogen) atoms. The largest absolute Gasteiger partial charge is 0.506 e. The first-order valence-corrected chi connectivity index (χ1v) is 31.5. The Morgan fingerprint density at radius 1 is 0.564 bits per heavy atom. The molecule has 32 heteroatoms. The molecule has 9 aromatic rings. The second-order valence-electron chi connectivity index (χ2n) is 22.5. The second-order valence-corrected chi connectivity index (χ2v) is 23.3. The highest BCUT2D eigenvalue weighted by molar-refractivity contribution is 9.09. The maximum absolute atomic E-state index is 13.1. The lowest BCUT2D eigenvalue weighted by molar-refractivity contribution is 0.101. The third-order valence-corrected chi connectivity index (χ3v) is 15.1. The molecular weight excluding hydrogens is 1280 g/mol. The number of alkyl halides is 1. The van der Waals surface area contributed by atoms with Gasteiger partial charge in [0.05, 0.1) is 32.2 Å². The van der Waals surface area contributed by atoms with Crippen molar-refractivity contribution < 1.29 is 48.5 Å². The number of halogens is 1. The Kier molecular flexibility index (Phi) is 24.1. The Labute approximate surface area is 550 Å². The van der Waals surface area contributed by atoms with Gasteiger partial charge in [0.1, 0.15) is 88.3 Å². The van der Waals surface area contributed by atoms with E-state index in [9.17, 15) is 29.5 Å². The van der Waals surface area contributed by atoms with Crippen LogP contribution in [-0.2, 0) is 0 Å². The summed E-state index contributed by atoms with van der Waals surface area (Å²) in [6.07, 6.45) is 13.8. The van der Waals surface area contributed by atoms with E-state index in [-0.39, 0.29) is 64.0 Å². The number of aromatic hydroxyl groups is 1. The van der Waals surface area contributed by atoms with Crippen molar-refractivity contribution in [2.24, 2.45) is 0 Å². The molecule has 0 aliphatic carbocycles. The fourth-order valence-corrected chi connectivity index (χ4v) is 10.4. The summed E-state index contributed by atoms with van der Waals surface area (Å²) in [7, 11) is 6.30. The van der Waals surface area contributed by atoms with Crippen LogP contribution in [0.3, 0.4) is 0 Å². The van der Waals surface area contributed by atoms with Crippen LogP contribution >= 0.6 is 15.9 Å². The maximum atomic E-state index is 13.1. The third kappa shape index (κ3) is 18.5. The number of nitrogens with one attached hydrogen (secondary N) is 3. The monoisotopic (exact) mass is 1350 g/mol. The number of rotatable bonds is 7. The number of hydrogen-bond donors (Lipinski definition) is 6. The molecule has 0 saturated carbocycles. The molecule has 3 atom stereocenters. The van der Waals surface area contributed by atoms with Gasteiger partial charge < -0.3 is 73.6 Å². The van der Waals surface area contributed by atoms with Crippen LogP contribution in [0.4, 0.5) is 17.5 Å². The fraction of sp³-hybridized carbons (Fsp3) is 0.371. The zero-order valence-corrected chi connectivity index (χ0v) is 54.7. The number of aromatic nitrogens is 15. The van der Waals surface area contributed by atoms with E-state index in [0.717, 1.165) is 50.5 Å². The number of ether oxygens (including phenoxy) is 4. The van der Waals surface area contributed by atoms with Crippen LogP contribution in [0.2, 0.25) is 0 Å². The summed E-state index contributed by atoms with van der Waals surface area (Å²) in [5, 5.41) is 62.5. The third-order valence-electron chi connectivity index (χ3n) is 14.7. The van der Waals surface area contributed by atoms with Crippen molar-refractivity contribution in [2.45, 2.75) is 77.4 Å². The van der Waals surface area contributed by atoms with Crippen molar-refractivity contribution in [3.63, 3.8) is 0 Å². The Bertz CT molecular complexity index is 4000. The van der Waals surface area contributed by atoms with Gasteiger partial charge in [-0.15, -0.1) is 30.6 Å². The lowest BCUT2D eigenvalue weighted by Crippen LogP contribution is -2.32. The normalized spacial score (nSPS) is 16.3. The first-order valence-electron chi connectivity index (χ1n) is 30.4. The van der Waals surface area contributed by atoms with Crippen LogP contribution in [0.25, 0.3) is 34.6 Å². The number of likely N-dealkylation sites (N-methyl/N-ethyl adjacent to an activating group) is 1. The minimum atomic E-state index is -1.75. The molecule has 3 aliphatic heterocycles. The molecule has 0 aromatic carbocycles. The van der Waals surface area contributed by atoms with E-state index in [1.54, 1.807) is 67.6 Å². The predicted molar refractivity (Wildman–Crippen MR) is 353 cm³/mol. The molecule has 6 bridgehead atoms. The van der Waals surface area contributed by atoms with Crippen LogP contribution < -0.4 is 40.4 Å². The van der Waals surface area contributed by atoms with E-state index in [1.165, 1.54) is 24.5 Å². The lowest BCUT2D eigenvalue weighted by atomic mass is 9.81. The molecule has 3 aliphatic rings. The Morgan fingerprint density at radius 3 is 1.35 bits per heavy atom. The summed E-state index contributed by atoms with van der Waals surface area (Å²) in [5.41, 5.74) is 2.46. The van der Waals surface area contributed by atoms with Crippen molar-refractivity contribution in [2.75, 3.05) is 89.0 Å². The van der Waals surface area contributed by atoms with Gasteiger partial charge in [0, 0.05) is 48.2 Å². The molecule has 492 valence electrons. The first-order chi connectivity index (χ1) is 45.4. The Hall–Kier alpha value is -9.89. The van der Waals surface area contributed by atoms with Gasteiger partial charge in [0.15, 0.2) is 17.5 Å². The second kappa shape index (κ2) is 33.1. The number of amides is 3. The summed E-state index contributed by atoms with van der Waals surface area (Å²) in [6.45, 7) is 9.77. The highest BCUT2D eigenvalue weighted by Gasteiger charge is 2.25. The lowest BCUT2D eigenvalue weighted by Gasteiger charge is -2.17. The molecule has 3 amide bonds. The summed E-state index contributed by atoms with van der Waals surface area (Å²) < 4.78 is 28.9. The fourth-order valence-electron chi connectivity index (χ4n) is 9.65. The molecule has 6 N–H and O–H groups in total. The molecule has 9 aromatic heterocycles. The Balaban J connectivity index is 0.000000159. The average Bonchev–Trinajstić information content (AvgIpc) is 1.41. The first kappa shape index (κ1) is 68.5. The quantitative estimate of drug-likeness (QED) is 0.0739. The summed E-state index contributed by atoms with van der Waals surface area (Å²) in [5.74, 6) is 2.57. The standard InChI is InChI=1S/C22H27N7O3.C18H19BN6O4.C18H18N6O3.C4H10BrN/c1-15-6-5-10-32-22-17(12-16(13-23-22)31-11-9-28(2)3)21(30)26-19-8-4-7-18(25-19)20-27-24-14-29(15)20;1-11-4-3-7-29-18-13(8-12(9-20-18)19(27)28)17(26)23-15-6-2-5-14(22-15)16-24-21-10-25(11)16;1-11-4-3-7-27-18-13(8-12(25)9-19-18)17(26)22-15-6-2-5-14(21-15)16-23-20-10-24(11)16;1-6(2)4-3-5/h4,7-8,12-15H,5-6,9-11H2,1-3H3,(H,25,26,30);2,5-6,8-11,27-28H,3-4,7H2,1H3,(H,22,23,26);2,5-6,8-11,25H,3-4,7H2,1H3,(H,21,22,26);3-4H2,1-2H3/t15-;2*11-;/m000./s1. The van der Waals surface area contributed by atoms with Gasteiger partial charge in [-0.25, -0.2) is 29.9 Å². The highest BCUT2D eigenvalue weighted by Crippen LogP contribution is 2.30. The zero-order valence-electron chi connectivity index (χ0n) is 53.1. The number of fused-ring (bicyclic) bond motifs is 15. The number of carbonyl (C=O) groups excluding carboxylic acids is 3. The molecule has 0 unspecified atom stereocenters. The minimum absolute atomic E-state index is 0.0899. The van der Waals surface area contributed by atoms with E-state index in [0.29, 0.717) is 96.2 Å². The van der Waals surface area contributed by atoms with Crippen molar-refractivity contribution >= 4 is 63.7 Å². The van der Waals surface area contributed by atoms with Gasteiger partial charge >= 0.3 is 7.12 Å². The van der Waals surface area contributed by atoms with Crippen molar-refractivity contribution in [1.29, 1.82) is 0 Å². The Morgan fingerprint density at radius 2 is 0.957 bits per heavy atom. The molecule has 30 nitrogen and oxygen atoms in total. The predicted octanol–water partition coefficient (Wildman–Crippen LogP) is 6.43. The van der Waals surface area contributed by atoms with Crippen LogP contribution in [0.15, 0.2) is 110 Å². The number of pyridine rings is 6. The van der Waals surface area contributed by atoms with Gasteiger partial charge in [0.2, 0.25) is 17.6 Å². The number of hydrogen-bond acceptors (Lipinski definition) is 24. The highest BCUT2D eigenvalue weighted by atomic mass is 79.9. The smallest absolute Gasteiger partial charge is 0.490 e. The maximum Gasteiger partial charge on any atom is 0.490 e. The van der Waals surface area contributed by atoms with Crippen LogP contribution in [0.1, 0.15) is 108 Å². The van der Waals surface area contributed by atoms with Gasteiger partial charge in [-0.2, -0.15) is 0 Å². The van der Waals surface area contributed by atoms with Crippen molar-refractivity contribution in [1.82, 2.24) is 84.0 Å². The van der Waals surface area contributed by atoms with Gasteiger partial charge in [-0.05, 0) is 142 Å². The summed E-state index contributed by atoms with van der Waals surface area (Å²) in [4.78, 5) is 68.7. The van der Waals surface area contributed by atoms with E-state index < -0.39 is 18.9 Å². The summed E-state index contributed by atoms with van der Waals surface area (Å²) in [6, 6.07) is 20.6. The van der Waals surface area contributed by atoms with E-state index in [1.807, 2.05) is 50.9 Å². The average molecular weight is 1350 g/mol. The molecule has 12 heterocycles. The molecule has 0 spiro atoms. The topological polar surface area (TPSA) is 361 Å². The number of carbonyl (C=O) groups is 3. The van der Waals surface area contributed by atoms with Crippen LogP contribution in [0.5, 0.6) is 29.1 Å². The van der Waals surface area contributed by atoms with Gasteiger partial charge in [-0.3, -0.25) is 14.4 Å². The van der Waals surface area contributed by atoms with Crippen LogP contribution in [0, 0.1) is 0 Å². The molecule has 12 rings (SSSR count). The van der Waals surface area contributed by atoms with Gasteiger partial charge in [0.25, 0.3) is 17.7 Å². The van der Waals surface area contributed by atoms with Crippen molar-refractivity contribution in [3.8, 4) is 63.7 Å². The number of nitrogens with zero attached hydrogens (tertiary/aromatic N) is 17. The molecule has 0 saturated heterocycles. The van der Waals surface area contributed by atoms with E-state index in [2.05, 4.69) is 132 Å². The summed E-state index contributed by atoms with van der Waals surface area (Å²) >= 11 is 3.31. The molecule has 0 radical (unpaired) electrons. The molecule has 0 fully saturated rings. The van der Waals surface area contributed by atoms with Gasteiger partial charge in [-0.1, -0.05) is 34.1 Å². The number of anilines is 3. The zero-order chi connectivity index (χ0) is 66.7. The van der Waals surface area contributed by atoms with Crippen molar-refractivity contribution in [3.05, 3.63) is 127 Å². The van der Waals surface area contributed by atoms with E-state index in [4.69, 9.17) is 18.9 Å². The van der Waals surface area contributed by atoms with E-state index >= 15 is 0 Å². The molecular formula is C62H74BBrN20O10.